The van der Waals surface area contributed by atoms with E-state index in [2.05, 4.69) is 35.6 Å². The molecule has 2 atom stereocenters. The van der Waals surface area contributed by atoms with E-state index in [1.165, 1.54) is 0 Å². The second-order valence-electron chi connectivity index (χ2n) is 19.2. The number of halogens is 2. The molecule has 4 rings (SSSR count). The number of ether oxygens (including phenoxy) is 3. The van der Waals surface area contributed by atoms with Gasteiger partial charge in [0, 0.05) is 94.6 Å². The van der Waals surface area contributed by atoms with Crippen molar-refractivity contribution in [3.63, 3.8) is 0 Å². The largest absolute Gasteiger partial charge is 0.480 e. The van der Waals surface area contributed by atoms with Crippen LogP contribution in [0.15, 0.2) is 72.9 Å². The van der Waals surface area contributed by atoms with Gasteiger partial charge in [0.15, 0.2) is 0 Å². The number of rotatable bonds is 30. The summed E-state index contributed by atoms with van der Waals surface area (Å²) in [6.45, 7) is 14.0. The highest BCUT2D eigenvalue weighted by Gasteiger charge is 2.37. The Bertz CT molecular complexity index is 2300. The second kappa shape index (κ2) is 28.2. The molecular weight excluding hydrogens is 959 g/mol. The minimum absolute atomic E-state index is 0.0258. The smallest absolute Gasteiger partial charge is 0.407 e. The van der Waals surface area contributed by atoms with Crippen LogP contribution in [0.1, 0.15) is 57.3 Å². The van der Waals surface area contributed by atoms with Crippen molar-refractivity contribution >= 4 is 61.4 Å². The summed E-state index contributed by atoms with van der Waals surface area (Å²) >= 11 is 1.03. The van der Waals surface area contributed by atoms with E-state index >= 15 is 4.39 Å². The summed E-state index contributed by atoms with van der Waals surface area (Å²) in [6.07, 6.45) is 3.61. The lowest BCUT2D eigenvalue weighted by Crippen LogP contribution is -2.45. The van der Waals surface area contributed by atoms with Crippen LogP contribution in [0.2, 0.25) is 25.7 Å². The zero-order chi connectivity index (χ0) is 52.1. The highest BCUT2D eigenvalue weighted by atomic mass is 32.2. The number of aliphatic carboxylic acids is 1. The molecule has 0 spiro atoms. The van der Waals surface area contributed by atoms with Crippen LogP contribution in [0.3, 0.4) is 0 Å². The Morgan fingerprint density at radius 1 is 0.845 bits per heavy atom. The molecule has 1 aliphatic rings. The van der Waals surface area contributed by atoms with Gasteiger partial charge in [-0.2, -0.15) is 0 Å². The van der Waals surface area contributed by atoms with Gasteiger partial charge in [-0.05, 0) is 47.7 Å². The Kier molecular flexibility index (Phi) is 22.9. The third kappa shape index (κ3) is 20.0. The number of thioether (sulfide) groups is 1. The molecule has 4 N–H and O–H groups in total. The molecule has 0 fully saturated rings. The molecule has 0 bridgehead atoms. The van der Waals surface area contributed by atoms with Crippen molar-refractivity contribution in [2.75, 3.05) is 70.7 Å². The van der Waals surface area contributed by atoms with Gasteiger partial charge in [-0.15, -0.1) is 11.8 Å². The summed E-state index contributed by atoms with van der Waals surface area (Å²) in [4.78, 5) is 90.1. The predicted octanol–water partition coefficient (Wildman–Crippen LogP) is 6.01. The van der Waals surface area contributed by atoms with E-state index in [4.69, 9.17) is 14.2 Å². The van der Waals surface area contributed by atoms with Crippen molar-refractivity contribution < 1.29 is 61.7 Å². The van der Waals surface area contributed by atoms with Gasteiger partial charge < -0.3 is 44.7 Å². The highest BCUT2D eigenvalue weighted by Crippen LogP contribution is 2.41. The van der Waals surface area contributed by atoms with Crippen LogP contribution >= 0.6 is 11.8 Å². The number of carbonyl (C=O) groups excluding carboxylic acids is 6. The maximum Gasteiger partial charge on any atom is 0.407 e. The molecule has 6 amide bonds. The molecule has 388 valence electrons. The molecule has 2 unspecified atom stereocenters. The van der Waals surface area contributed by atoms with Gasteiger partial charge in [0.1, 0.15) is 17.7 Å². The van der Waals surface area contributed by atoms with Crippen LogP contribution in [0.5, 0.6) is 0 Å². The third-order valence-corrected chi connectivity index (χ3v) is 13.8. The van der Waals surface area contributed by atoms with Gasteiger partial charge in [0.25, 0.3) is 11.8 Å². The molecule has 0 aliphatic carbocycles. The maximum atomic E-state index is 15.3. The van der Waals surface area contributed by atoms with Gasteiger partial charge in [0.05, 0.1) is 44.8 Å². The number of nitrogens with zero attached hydrogens (tertiary/aromatic N) is 3. The van der Waals surface area contributed by atoms with Crippen molar-refractivity contribution in [3.05, 3.63) is 95.8 Å². The second-order valence-corrected chi connectivity index (χ2v) is 25.8. The maximum absolute atomic E-state index is 15.3. The van der Waals surface area contributed by atoms with Crippen LogP contribution in [-0.2, 0) is 49.5 Å². The summed E-state index contributed by atoms with van der Waals surface area (Å²) in [5.74, 6) is -5.03. The van der Waals surface area contributed by atoms with Gasteiger partial charge in [-0.3, -0.25) is 28.9 Å². The standard InChI is InChI=1S/C50H68F2N6O11SSi/c1-50(2,3)47(41-29-36(38-30-37(51)13-14-39(38)52)32-56(41)31-35-11-8-7-9-12-35)58(21-10-19-54-49(66)69-27-28-71(4,5)6)46(63)34-70-33-40(48(64)65)55-43(60)18-23-67-25-26-68-24-20-53-42(59)17-22-57-44(61)15-16-45(57)62/h7-9,11-16,29-30,32,40,47H,10,17-28,31,33-34H2,1-6H3,(H,53,59)(H,54,66)(H,55,60)(H,64,65). The summed E-state index contributed by atoms with van der Waals surface area (Å²) < 4.78 is 48.1. The molecule has 0 radical (unpaired) electrons. The number of hydrogen-bond donors (Lipinski definition) is 4. The Balaban J connectivity index is 1.37. The average Bonchev–Trinajstić information content (AvgIpc) is 3.85. The van der Waals surface area contributed by atoms with Gasteiger partial charge in [-0.25, -0.2) is 18.4 Å². The van der Waals surface area contributed by atoms with Crippen LogP contribution in [0.4, 0.5) is 13.6 Å². The monoisotopic (exact) mass is 1030 g/mol. The number of imide groups is 1. The SMILES string of the molecule is CC(C)(C)C(c1cc(-c2cc(F)ccc2F)cn1Cc1ccccc1)N(CCCNC(=O)OCC[Si](C)(C)C)C(=O)CSCC(NC(=O)CCOCCOCCNC(=O)CCN1C(=O)C=CC1=O)C(=O)O. The predicted molar refractivity (Wildman–Crippen MR) is 268 cm³/mol. The van der Waals surface area contributed by atoms with Gasteiger partial charge >= 0.3 is 12.1 Å². The number of hydrogen-bond acceptors (Lipinski definition) is 11. The summed E-state index contributed by atoms with van der Waals surface area (Å²) in [5, 5.41) is 17.9. The van der Waals surface area contributed by atoms with E-state index in [1.54, 1.807) is 17.2 Å². The van der Waals surface area contributed by atoms with Crippen molar-refractivity contribution in [3.8, 4) is 11.1 Å². The number of carboxylic acid groups (broad SMARTS) is 1. The fourth-order valence-electron chi connectivity index (χ4n) is 7.44. The number of nitrogens with one attached hydrogen (secondary N) is 3. The molecule has 2 heterocycles. The summed E-state index contributed by atoms with van der Waals surface area (Å²) in [5.41, 5.74) is 1.38. The first-order valence-electron chi connectivity index (χ1n) is 23.6. The molecular formula is C50H68F2N6O11SSi. The fraction of sp³-hybridized carbons (Fsp3) is 0.500. The van der Waals surface area contributed by atoms with E-state index < -0.39 is 67.0 Å². The minimum Gasteiger partial charge on any atom is -0.480 e. The molecule has 0 saturated heterocycles. The van der Waals surface area contributed by atoms with Crippen molar-refractivity contribution in [2.45, 2.75) is 84.3 Å². The molecule has 0 saturated carbocycles. The summed E-state index contributed by atoms with van der Waals surface area (Å²) in [7, 11) is -1.44. The summed E-state index contributed by atoms with van der Waals surface area (Å²) in [6, 6.07) is 13.4. The quantitative estimate of drug-likeness (QED) is 0.0344. The van der Waals surface area contributed by atoms with E-state index in [1.807, 2.05) is 55.7 Å². The van der Waals surface area contributed by atoms with E-state index in [9.17, 15) is 43.1 Å². The number of benzene rings is 2. The van der Waals surface area contributed by atoms with Crippen LogP contribution in [-0.4, -0.2) is 146 Å². The highest BCUT2D eigenvalue weighted by molar-refractivity contribution is 8.00. The minimum atomic E-state index is -1.44. The average molecular weight is 1030 g/mol. The van der Waals surface area contributed by atoms with Crippen molar-refractivity contribution in [1.82, 2.24) is 30.3 Å². The Hall–Kier alpha value is -5.90. The number of amides is 6. The van der Waals surface area contributed by atoms with E-state index in [-0.39, 0.29) is 94.3 Å². The molecule has 71 heavy (non-hydrogen) atoms. The zero-order valence-electron chi connectivity index (χ0n) is 41.4. The number of aromatic nitrogens is 1. The lowest BCUT2D eigenvalue weighted by Gasteiger charge is -2.41. The fourth-order valence-corrected chi connectivity index (χ4v) is 9.08. The molecule has 17 nitrogen and oxygen atoms in total. The topological polar surface area (TPSA) is 215 Å². The molecule has 2 aromatic carbocycles. The molecule has 1 aliphatic heterocycles. The lowest BCUT2D eigenvalue weighted by atomic mass is 9.83. The van der Waals surface area contributed by atoms with Gasteiger partial charge in [0.2, 0.25) is 17.7 Å². The first-order valence-corrected chi connectivity index (χ1v) is 28.4. The van der Waals surface area contributed by atoms with E-state index in [0.717, 1.165) is 58.6 Å². The third-order valence-electron chi connectivity index (χ3n) is 11.0. The normalized spacial score (nSPS) is 13.5. The van der Waals surface area contributed by atoms with Crippen LogP contribution in [0.25, 0.3) is 11.1 Å². The molecule has 21 heteroatoms. The Labute approximate surface area is 419 Å². The molecule has 3 aromatic rings. The first-order chi connectivity index (χ1) is 33.6. The van der Waals surface area contributed by atoms with Crippen LogP contribution < -0.4 is 16.0 Å². The number of alkyl carbamates (subject to hydrolysis) is 1. The van der Waals surface area contributed by atoms with Crippen molar-refractivity contribution in [1.29, 1.82) is 0 Å². The molecule has 1 aromatic heterocycles. The lowest BCUT2D eigenvalue weighted by molar-refractivity contribution is -0.141. The number of carboxylic acids is 1. The van der Waals surface area contributed by atoms with E-state index in [0.29, 0.717) is 30.8 Å². The first kappa shape index (κ1) is 57.7. The Morgan fingerprint density at radius 2 is 1.54 bits per heavy atom. The van der Waals surface area contributed by atoms with Crippen LogP contribution in [0, 0.1) is 17.0 Å². The van der Waals surface area contributed by atoms with Crippen molar-refractivity contribution in [2.24, 2.45) is 5.41 Å². The Morgan fingerprint density at radius 3 is 2.20 bits per heavy atom. The zero-order valence-corrected chi connectivity index (χ0v) is 43.2. The van der Waals surface area contributed by atoms with Gasteiger partial charge in [-0.1, -0.05) is 70.7 Å². The number of carbonyl (C=O) groups is 7.